The number of likely N-dealkylation sites (tertiary alicyclic amines) is 1. The maximum atomic E-state index is 12.8. The second-order valence-corrected chi connectivity index (χ2v) is 8.26. The Kier molecular flexibility index (Phi) is 4.95. The SMILES string of the molecule is COc1cccc2c(=O)n(C)c(-c3ccc(OC4CCN(C5CC5)CC4)cc3)nc12. The Bertz CT molecular complexity index is 1110. The van der Waals surface area contributed by atoms with Gasteiger partial charge in [0.05, 0.1) is 12.5 Å². The highest BCUT2D eigenvalue weighted by molar-refractivity contribution is 5.85. The van der Waals surface area contributed by atoms with Gasteiger partial charge in [-0.15, -0.1) is 0 Å². The lowest BCUT2D eigenvalue weighted by Crippen LogP contribution is -2.39. The van der Waals surface area contributed by atoms with E-state index in [1.165, 1.54) is 12.8 Å². The van der Waals surface area contributed by atoms with Crippen LogP contribution < -0.4 is 15.0 Å². The van der Waals surface area contributed by atoms with Crippen LogP contribution in [0.25, 0.3) is 22.3 Å². The topological polar surface area (TPSA) is 56.6 Å². The average molecular weight is 405 g/mol. The Balaban J connectivity index is 1.37. The quantitative estimate of drug-likeness (QED) is 0.649. The van der Waals surface area contributed by atoms with Gasteiger partial charge in [-0.2, -0.15) is 0 Å². The van der Waals surface area contributed by atoms with Crippen LogP contribution in [0.2, 0.25) is 0 Å². The monoisotopic (exact) mass is 405 g/mol. The van der Waals surface area contributed by atoms with Gasteiger partial charge in [-0.1, -0.05) is 6.07 Å². The van der Waals surface area contributed by atoms with Gasteiger partial charge in [0.1, 0.15) is 28.9 Å². The van der Waals surface area contributed by atoms with Crippen molar-refractivity contribution in [2.45, 2.75) is 37.8 Å². The lowest BCUT2D eigenvalue weighted by molar-refractivity contribution is 0.0965. The van der Waals surface area contributed by atoms with E-state index in [-0.39, 0.29) is 11.7 Å². The van der Waals surface area contributed by atoms with Crippen molar-refractivity contribution >= 4 is 10.9 Å². The van der Waals surface area contributed by atoms with Crippen molar-refractivity contribution < 1.29 is 9.47 Å². The first-order valence-corrected chi connectivity index (χ1v) is 10.7. The van der Waals surface area contributed by atoms with Crippen LogP contribution in [0, 0.1) is 0 Å². The van der Waals surface area contributed by atoms with Crippen LogP contribution in [0.15, 0.2) is 47.3 Å². The molecular formula is C24H27N3O3. The molecule has 30 heavy (non-hydrogen) atoms. The fourth-order valence-corrected chi connectivity index (χ4v) is 4.36. The van der Waals surface area contributed by atoms with Crippen molar-refractivity contribution in [1.29, 1.82) is 0 Å². The largest absolute Gasteiger partial charge is 0.494 e. The van der Waals surface area contributed by atoms with E-state index in [1.807, 2.05) is 36.4 Å². The molecule has 1 aromatic heterocycles. The van der Waals surface area contributed by atoms with Crippen molar-refractivity contribution in [3.05, 3.63) is 52.8 Å². The zero-order valence-corrected chi connectivity index (χ0v) is 17.5. The minimum atomic E-state index is -0.0864. The molecule has 0 unspecified atom stereocenters. The number of rotatable bonds is 5. The normalized spacial score (nSPS) is 17.9. The number of hydrogen-bond acceptors (Lipinski definition) is 5. The third kappa shape index (κ3) is 3.56. The van der Waals surface area contributed by atoms with E-state index in [0.29, 0.717) is 22.5 Å². The van der Waals surface area contributed by atoms with Crippen LogP contribution in [0.1, 0.15) is 25.7 Å². The van der Waals surface area contributed by atoms with Gasteiger partial charge in [0.15, 0.2) is 0 Å². The van der Waals surface area contributed by atoms with Gasteiger partial charge in [-0.3, -0.25) is 9.36 Å². The third-order valence-corrected chi connectivity index (χ3v) is 6.24. The molecule has 2 aromatic carbocycles. The zero-order valence-electron chi connectivity index (χ0n) is 17.5. The molecule has 0 N–H and O–H groups in total. The fraction of sp³-hybridized carbons (Fsp3) is 0.417. The molecule has 6 nitrogen and oxygen atoms in total. The van der Waals surface area contributed by atoms with Crippen LogP contribution in [-0.2, 0) is 7.05 Å². The van der Waals surface area contributed by atoms with Gasteiger partial charge >= 0.3 is 0 Å². The van der Waals surface area contributed by atoms with Gasteiger partial charge < -0.3 is 14.4 Å². The number of fused-ring (bicyclic) bond motifs is 1. The Morgan fingerprint density at radius 1 is 1.00 bits per heavy atom. The maximum Gasteiger partial charge on any atom is 0.261 e. The molecule has 2 fully saturated rings. The van der Waals surface area contributed by atoms with E-state index in [9.17, 15) is 4.79 Å². The number of ether oxygens (including phenoxy) is 2. The Morgan fingerprint density at radius 2 is 1.73 bits per heavy atom. The van der Waals surface area contributed by atoms with Gasteiger partial charge in [0.25, 0.3) is 5.56 Å². The maximum absolute atomic E-state index is 12.8. The Morgan fingerprint density at radius 3 is 2.40 bits per heavy atom. The van der Waals surface area contributed by atoms with Crippen LogP contribution in [0.5, 0.6) is 11.5 Å². The molecular weight excluding hydrogens is 378 g/mol. The summed E-state index contributed by atoms with van der Waals surface area (Å²) in [5.41, 5.74) is 1.37. The first-order valence-electron chi connectivity index (χ1n) is 10.7. The van der Waals surface area contributed by atoms with Crippen molar-refractivity contribution in [2.75, 3.05) is 20.2 Å². The summed E-state index contributed by atoms with van der Waals surface area (Å²) < 4.78 is 13.2. The molecule has 5 rings (SSSR count). The summed E-state index contributed by atoms with van der Waals surface area (Å²) in [5, 5.41) is 0.554. The van der Waals surface area contributed by atoms with Crippen LogP contribution in [0.3, 0.4) is 0 Å². The van der Waals surface area contributed by atoms with Gasteiger partial charge in [-0.05, 0) is 62.1 Å². The molecule has 3 aromatic rings. The first kappa shape index (κ1) is 19.1. The molecule has 0 bridgehead atoms. The summed E-state index contributed by atoms with van der Waals surface area (Å²) in [7, 11) is 3.34. The highest BCUT2D eigenvalue weighted by atomic mass is 16.5. The van der Waals surface area contributed by atoms with E-state index >= 15 is 0 Å². The molecule has 156 valence electrons. The van der Waals surface area contributed by atoms with Gasteiger partial charge in [0, 0.05) is 31.7 Å². The van der Waals surface area contributed by atoms with Gasteiger partial charge in [0.2, 0.25) is 0 Å². The van der Waals surface area contributed by atoms with Crippen molar-refractivity contribution in [3.8, 4) is 22.9 Å². The van der Waals surface area contributed by atoms with Crippen LogP contribution >= 0.6 is 0 Å². The molecule has 6 heteroatoms. The number of benzene rings is 2. The van der Waals surface area contributed by atoms with Crippen LogP contribution in [0.4, 0.5) is 0 Å². The van der Waals surface area contributed by atoms with Crippen LogP contribution in [-0.4, -0.2) is 46.8 Å². The first-order chi connectivity index (χ1) is 14.6. The predicted octanol–water partition coefficient (Wildman–Crippen LogP) is 3.61. The average Bonchev–Trinajstić information content (AvgIpc) is 3.62. The van der Waals surface area contributed by atoms with Gasteiger partial charge in [-0.25, -0.2) is 4.98 Å². The van der Waals surface area contributed by atoms with Crippen molar-refractivity contribution in [3.63, 3.8) is 0 Å². The summed E-state index contributed by atoms with van der Waals surface area (Å²) in [6.45, 7) is 2.27. The molecule has 2 heterocycles. The minimum absolute atomic E-state index is 0.0864. The molecule has 1 aliphatic carbocycles. The summed E-state index contributed by atoms with van der Waals surface area (Å²) in [6.07, 6.45) is 5.17. The number of aromatic nitrogens is 2. The Hall–Kier alpha value is -2.86. The molecule has 0 amide bonds. The fourth-order valence-electron chi connectivity index (χ4n) is 4.36. The third-order valence-electron chi connectivity index (χ3n) is 6.24. The highest BCUT2D eigenvalue weighted by Crippen LogP contribution is 2.31. The second kappa shape index (κ2) is 7.76. The molecule has 1 aliphatic heterocycles. The second-order valence-electron chi connectivity index (χ2n) is 8.26. The molecule has 0 atom stereocenters. The number of methoxy groups -OCH3 is 1. The van der Waals surface area contributed by atoms with E-state index in [4.69, 9.17) is 14.5 Å². The minimum Gasteiger partial charge on any atom is -0.494 e. The molecule has 0 radical (unpaired) electrons. The zero-order chi connectivity index (χ0) is 20.7. The van der Waals surface area contributed by atoms with Crippen molar-refractivity contribution in [2.24, 2.45) is 7.05 Å². The lowest BCUT2D eigenvalue weighted by Gasteiger charge is -2.32. The number of hydrogen-bond donors (Lipinski definition) is 0. The molecule has 1 saturated carbocycles. The summed E-state index contributed by atoms with van der Waals surface area (Å²) in [5.74, 6) is 2.08. The number of para-hydroxylation sites is 1. The Labute approximate surface area is 176 Å². The van der Waals surface area contributed by atoms with E-state index in [1.54, 1.807) is 24.8 Å². The molecule has 1 saturated heterocycles. The van der Waals surface area contributed by atoms with Crippen molar-refractivity contribution in [1.82, 2.24) is 14.5 Å². The highest BCUT2D eigenvalue weighted by Gasteiger charge is 2.32. The standard InChI is InChI=1S/C24H27N3O3/c1-26-23(25-22-20(24(26)28)4-3-5-21(22)29-2)16-6-10-18(11-7-16)30-19-12-14-27(15-13-19)17-8-9-17/h3-7,10-11,17,19H,8-9,12-15H2,1-2H3. The number of nitrogens with zero attached hydrogens (tertiary/aromatic N) is 3. The summed E-state index contributed by atoms with van der Waals surface area (Å²) in [4.78, 5) is 20.2. The summed E-state index contributed by atoms with van der Waals surface area (Å²) >= 11 is 0. The molecule has 0 spiro atoms. The number of piperidine rings is 1. The summed E-state index contributed by atoms with van der Waals surface area (Å²) in [6, 6.07) is 14.1. The predicted molar refractivity (Wildman–Crippen MR) is 117 cm³/mol. The van der Waals surface area contributed by atoms with E-state index in [0.717, 1.165) is 43.3 Å². The van der Waals surface area contributed by atoms with E-state index in [2.05, 4.69) is 4.90 Å². The lowest BCUT2D eigenvalue weighted by atomic mass is 10.1. The van der Waals surface area contributed by atoms with E-state index < -0.39 is 0 Å². The smallest absolute Gasteiger partial charge is 0.261 e. The molecule has 2 aliphatic rings.